The number of para-hydroxylation sites is 1. The smallest absolute Gasteiger partial charge is 0.193 e. The zero-order valence-corrected chi connectivity index (χ0v) is 19.2. The molecule has 1 unspecified atom stereocenters. The average molecular weight is 486 g/mol. The van der Waals surface area contributed by atoms with E-state index in [4.69, 9.17) is 9.73 Å². The van der Waals surface area contributed by atoms with Crippen molar-refractivity contribution in [2.45, 2.75) is 45.1 Å². The van der Waals surface area contributed by atoms with Gasteiger partial charge >= 0.3 is 0 Å². The molecule has 2 heterocycles. The van der Waals surface area contributed by atoms with Crippen LogP contribution in [0.2, 0.25) is 0 Å². The maximum absolute atomic E-state index is 5.67. The molecule has 6 heteroatoms. The SMILES string of the molecule is CCNC(=NCC(c1ccccc1OC)N1CCCCC1)N1CCCC1.I. The zero-order chi connectivity index (χ0) is 18.2. The topological polar surface area (TPSA) is 40.1 Å². The Morgan fingerprint density at radius 1 is 1.07 bits per heavy atom. The van der Waals surface area contributed by atoms with Gasteiger partial charge in [0.1, 0.15) is 5.75 Å². The van der Waals surface area contributed by atoms with Crippen molar-refractivity contribution in [3.05, 3.63) is 29.8 Å². The van der Waals surface area contributed by atoms with E-state index >= 15 is 0 Å². The summed E-state index contributed by atoms with van der Waals surface area (Å²) in [6.07, 6.45) is 6.44. The van der Waals surface area contributed by atoms with Gasteiger partial charge in [0.15, 0.2) is 5.96 Å². The summed E-state index contributed by atoms with van der Waals surface area (Å²) in [6, 6.07) is 8.72. The van der Waals surface area contributed by atoms with Gasteiger partial charge in [0, 0.05) is 25.2 Å². The van der Waals surface area contributed by atoms with Crippen LogP contribution in [-0.2, 0) is 0 Å². The van der Waals surface area contributed by atoms with Crippen LogP contribution >= 0.6 is 24.0 Å². The van der Waals surface area contributed by atoms with E-state index in [1.807, 2.05) is 6.07 Å². The fraction of sp³-hybridized carbons (Fsp3) is 0.667. The summed E-state index contributed by atoms with van der Waals surface area (Å²) >= 11 is 0. The van der Waals surface area contributed by atoms with Crippen molar-refractivity contribution in [3.8, 4) is 5.75 Å². The highest BCUT2D eigenvalue weighted by Crippen LogP contribution is 2.31. The molecular formula is C21H35IN4O. The number of halogens is 1. The lowest BCUT2D eigenvalue weighted by Gasteiger charge is -2.35. The Bertz CT molecular complexity index is 583. The maximum atomic E-state index is 5.67. The Morgan fingerprint density at radius 3 is 2.41 bits per heavy atom. The lowest BCUT2D eigenvalue weighted by Crippen LogP contribution is -2.41. The third-order valence-corrected chi connectivity index (χ3v) is 5.48. The number of piperidine rings is 1. The molecule has 0 saturated carbocycles. The van der Waals surface area contributed by atoms with E-state index in [-0.39, 0.29) is 30.0 Å². The van der Waals surface area contributed by atoms with Crippen LogP contribution in [0.25, 0.3) is 0 Å². The van der Waals surface area contributed by atoms with Crippen molar-refractivity contribution in [1.29, 1.82) is 0 Å². The van der Waals surface area contributed by atoms with E-state index in [1.165, 1.54) is 37.7 Å². The molecule has 0 spiro atoms. The van der Waals surface area contributed by atoms with Crippen molar-refractivity contribution in [2.75, 3.05) is 46.4 Å². The molecule has 1 aromatic carbocycles. The van der Waals surface area contributed by atoms with E-state index in [9.17, 15) is 0 Å². The minimum Gasteiger partial charge on any atom is -0.496 e. The number of nitrogens with one attached hydrogen (secondary N) is 1. The highest BCUT2D eigenvalue weighted by Gasteiger charge is 2.25. The molecule has 2 fully saturated rings. The van der Waals surface area contributed by atoms with Gasteiger partial charge < -0.3 is 15.0 Å². The van der Waals surface area contributed by atoms with Gasteiger partial charge in [-0.25, -0.2) is 0 Å². The van der Waals surface area contributed by atoms with Gasteiger partial charge in [-0.1, -0.05) is 24.6 Å². The lowest BCUT2D eigenvalue weighted by molar-refractivity contribution is 0.165. The third kappa shape index (κ3) is 5.98. The fourth-order valence-electron chi connectivity index (χ4n) is 4.11. The summed E-state index contributed by atoms with van der Waals surface area (Å²) in [4.78, 5) is 10.1. The first kappa shape index (κ1) is 22.3. The molecule has 1 atom stereocenters. The maximum Gasteiger partial charge on any atom is 0.193 e. The van der Waals surface area contributed by atoms with E-state index in [0.717, 1.165) is 51.0 Å². The van der Waals surface area contributed by atoms with E-state index in [0.29, 0.717) is 0 Å². The van der Waals surface area contributed by atoms with Gasteiger partial charge in [-0.3, -0.25) is 9.89 Å². The number of benzene rings is 1. The summed E-state index contributed by atoms with van der Waals surface area (Å²) in [5.74, 6) is 2.05. The van der Waals surface area contributed by atoms with Gasteiger partial charge in [0.25, 0.3) is 0 Å². The van der Waals surface area contributed by atoms with Crippen molar-refractivity contribution < 1.29 is 4.74 Å². The molecule has 5 nitrogen and oxygen atoms in total. The van der Waals surface area contributed by atoms with Crippen LogP contribution in [-0.4, -0.2) is 62.1 Å². The van der Waals surface area contributed by atoms with Crippen LogP contribution < -0.4 is 10.1 Å². The Morgan fingerprint density at radius 2 is 1.74 bits per heavy atom. The number of hydrogen-bond donors (Lipinski definition) is 1. The second-order valence-electron chi connectivity index (χ2n) is 7.24. The molecule has 2 saturated heterocycles. The zero-order valence-electron chi connectivity index (χ0n) is 16.8. The first-order valence-electron chi connectivity index (χ1n) is 10.2. The third-order valence-electron chi connectivity index (χ3n) is 5.48. The fourth-order valence-corrected chi connectivity index (χ4v) is 4.11. The van der Waals surface area contributed by atoms with Crippen LogP contribution in [0, 0.1) is 0 Å². The molecule has 0 aromatic heterocycles. The quantitative estimate of drug-likeness (QED) is 0.376. The van der Waals surface area contributed by atoms with Crippen molar-refractivity contribution >= 4 is 29.9 Å². The summed E-state index contributed by atoms with van der Waals surface area (Å²) in [6.45, 7) is 8.38. The van der Waals surface area contributed by atoms with E-state index < -0.39 is 0 Å². The summed E-state index contributed by atoms with van der Waals surface area (Å²) in [7, 11) is 1.77. The molecule has 0 radical (unpaired) electrons. The molecule has 27 heavy (non-hydrogen) atoms. The lowest BCUT2D eigenvalue weighted by atomic mass is 10.0. The molecule has 0 bridgehead atoms. The Labute approximate surface area is 181 Å². The highest BCUT2D eigenvalue weighted by molar-refractivity contribution is 14.0. The molecule has 1 aromatic rings. The van der Waals surface area contributed by atoms with E-state index in [2.05, 4.69) is 40.2 Å². The Hall–Kier alpha value is -1.02. The van der Waals surface area contributed by atoms with Crippen molar-refractivity contribution in [2.24, 2.45) is 4.99 Å². The van der Waals surface area contributed by atoms with E-state index in [1.54, 1.807) is 7.11 Å². The monoisotopic (exact) mass is 486 g/mol. The van der Waals surface area contributed by atoms with Crippen LogP contribution in [0.5, 0.6) is 5.75 Å². The first-order chi connectivity index (χ1) is 12.8. The number of hydrogen-bond acceptors (Lipinski definition) is 3. The van der Waals surface area contributed by atoms with Crippen LogP contribution in [0.4, 0.5) is 0 Å². The number of methoxy groups -OCH3 is 1. The largest absolute Gasteiger partial charge is 0.496 e. The van der Waals surface area contributed by atoms with Crippen molar-refractivity contribution in [1.82, 2.24) is 15.1 Å². The average Bonchev–Trinajstić information content (AvgIpc) is 3.23. The van der Waals surface area contributed by atoms with Gasteiger partial charge in [0.05, 0.1) is 19.7 Å². The second-order valence-corrected chi connectivity index (χ2v) is 7.24. The first-order valence-corrected chi connectivity index (χ1v) is 10.2. The standard InChI is InChI=1S/C21H34N4O.HI/c1-3-22-21(25-15-9-10-16-25)23-17-19(24-13-7-4-8-14-24)18-11-5-6-12-20(18)26-2;/h5-6,11-12,19H,3-4,7-10,13-17H2,1-2H3,(H,22,23);1H. The summed E-state index contributed by atoms with van der Waals surface area (Å²) in [5, 5.41) is 3.49. The number of rotatable bonds is 6. The normalized spacial score (nSPS) is 19.5. The molecule has 0 aliphatic carbocycles. The van der Waals surface area contributed by atoms with Gasteiger partial charge in [-0.05, 0) is 51.8 Å². The molecule has 2 aliphatic rings. The number of nitrogens with zero attached hydrogens (tertiary/aromatic N) is 3. The molecule has 0 amide bonds. The summed E-state index contributed by atoms with van der Waals surface area (Å²) < 4.78 is 5.67. The summed E-state index contributed by atoms with van der Waals surface area (Å²) in [5.41, 5.74) is 1.26. The molecular weight excluding hydrogens is 451 g/mol. The molecule has 1 N–H and O–H groups in total. The Kier molecular flexibility index (Phi) is 9.68. The number of likely N-dealkylation sites (tertiary alicyclic amines) is 2. The van der Waals surface area contributed by atoms with Crippen LogP contribution in [0.3, 0.4) is 0 Å². The highest BCUT2D eigenvalue weighted by atomic mass is 127. The van der Waals surface area contributed by atoms with Crippen LogP contribution in [0.15, 0.2) is 29.3 Å². The Balaban J connectivity index is 0.00000261. The van der Waals surface area contributed by atoms with Gasteiger partial charge in [0.2, 0.25) is 0 Å². The minimum atomic E-state index is 0. The number of ether oxygens (including phenoxy) is 1. The van der Waals surface area contributed by atoms with Gasteiger partial charge in [-0.15, -0.1) is 24.0 Å². The number of guanidine groups is 1. The van der Waals surface area contributed by atoms with Crippen molar-refractivity contribution in [3.63, 3.8) is 0 Å². The second kappa shape index (κ2) is 11.7. The minimum absolute atomic E-state index is 0. The van der Waals surface area contributed by atoms with Gasteiger partial charge in [-0.2, -0.15) is 0 Å². The van der Waals surface area contributed by atoms with Crippen LogP contribution in [0.1, 0.15) is 50.6 Å². The predicted octanol–water partition coefficient (Wildman–Crippen LogP) is 3.90. The molecule has 2 aliphatic heterocycles. The molecule has 3 rings (SSSR count). The predicted molar refractivity (Wildman–Crippen MR) is 123 cm³/mol. The molecule has 152 valence electrons. The number of aliphatic imine (C=N–C) groups is 1.